The molecule has 0 fully saturated rings. The molecule has 0 aliphatic carbocycles. The Hall–Kier alpha value is -3.04. The highest BCUT2D eigenvalue weighted by Crippen LogP contribution is 2.43. The van der Waals surface area contributed by atoms with Gasteiger partial charge in [-0.15, -0.1) is 0 Å². The van der Waals surface area contributed by atoms with Crippen molar-refractivity contribution in [2.45, 2.75) is 0 Å². The predicted molar refractivity (Wildman–Crippen MR) is 114 cm³/mol. The topological polar surface area (TPSA) is 26.3 Å². The van der Waals surface area contributed by atoms with Crippen LogP contribution in [0.4, 0.5) is 0 Å². The number of halogens is 1. The molecule has 2 aromatic heterocycles. The van der Waals surface area contributed by atoms with Gasteiger partial charge in [-0.3, -0.25) is 0 Å². The molecule has 0 amide bonds. The van der Waals surface area contributed by atoms with Gasteiger partial charge < -0.3 is 8.83 Å². The molecule has 2 heterocycles. The van der Waals surface area contributed by atoms with E-state index in [1.807, 2.05) is 36.4 Å². The number of hydrogen-bond acceptors (Lipinski definition) is 2. The second-order valence-electron chi connectivity index (χ2n) is 6.71. The molecule has 4 aromatic carbocycles. The van der Waals surface area contributed by atoms with Crippen molar-refractivity contribution in [2.24, 2.45) is 0 Å². The molecule has 0 atom stereocenters. The van der Waals surface area contributed by atoms with Gasteiger partial charge in [-0.05, 0) is 35.9 Å². The van der Waals surface area contributed by atoms with E-state index in [0.29, 0.717) is 0 Å². The Morgan fingerprint density at radius 1 is 0.593 bits per heavy atom. The van der Waals surface area contributed by atoms with Gasteiger partial charge in [0, 0.05) is 26.2 Å². The molecular formula is C24H13BrO2. The van der Waals surface area contributed by atoms with E-state index < -0.39 is 0 Å². The minimum atomic E-state index is 0.866. The summed E-state index contributed by atoms with van der Waals surface area (Å²) in [4.78, 5) is 0. The van der Waals surface area contributed by atoms with Gasteiger partial charge in [-0.1, -0.05) is 64.5 Å². The number of rotatable bonds is 1. The highest BCUT2D eigenvalue weighted by Gasteiger charge is 2.20. The summed E-state index contributed by atoms with van der Waals surface area (Å²) in [5, 5.41) is 4.35. The third-order valence-corrected chi connectivity index (χ3v) is 5.67. The summed E-state index contributed by atoms with van der Waals surface area (Å²) in [5.41, 5.74) is 5.72. The minimum Gasteiger partial charge on any atom is -0.455 e. The molecule has 6 rings (SSSR count). The monoisotopic (exact) mass is 412 g/mol. The van der Waals surface area contributed by atoms with Gasteiger partial charge in [0.1, 0.15) is 22.3 Å². The van der Waals surface area contributed by atoms with Gasteiger partial charge in [0.25, 0.3) is 0 Å². The first kappa shape index (κ1) is 15.1. The van der Waals surface area contributed by atoms with E-state index in [2.05, 4.69) is 58.4 Å². The van der Waals surface area contributed by atoms with Crippen molar-refractivity contribution in [3.05, 3.63) is 83.3 Å². The quantitative estimate of drug-likeness (QED) is 0.274. The van der Waals surface area contributed by atoms with Crippen LogP contribution in [0, 0.1) is 0 Å². The number of para-hydroxylation sites is 2. The Bertz CT molecular complexity index is 1470. The Balaban J connectivity index is 1.88. The zero-order valence-corrected chi connectivity index (χ0v) is 15.8. The summed E-state index contributed by atoms with van der Waals surface area (Å²) in [6, 6.07) is 26.9. The third kappa shape index (κ3) is 2.12. The number of furan rings is 2. The molecule has 0 spiro atoms. The third-order valence-electron chi connectivity index (χ3n) is 5.14. The molecule has 0 saturated carbocycles. The zero-order chi connectivity index (χ0) is 18.0. The van der Waals surface area contributed by atoms with E-state index in [1.54, 1.807) is 0 Å². The molecule has 128 valence electrons. The molecule has 0 N–H and O–H groups in total. The van der Waals surface area contributed by atoms with Crippen LogP contribution in [0.3, 0.4) is 0 Å². The van der Waals surface area contributed by atoms with E-state index >= 15 is 0 Å². The Kier molecular flexibility index (Phi) is 3.06. The van der Waals surface area contributed by atoms with E-state index in [9.17, 15) is 0 Å². The SMILES string of the molecule is Brc1ccc(-c2cc3c4ccccc4oc3c3c2oc2ccccc23)cc1. The summed E-state index contributed by atoms with van der Waals surface area (Å²) < 4.78 is 13.6. The molecule has 6 aromatic rings. The standard InChI is InChI=1S/C24H13BrO2/c25-15-11-9-14(10-12-15)18-13-19-16-5-1-3-7-20(16)26-24(19)22-17-6-2-4-8-21(17)27-23(18)22/h1-13H. The lowest BCUT2D eigenvalue weighted by molar-refractivity contribution is 0.663. The normalized spacial score (nSPS) is 11.9. The lowest BCUT2D eigenvalue weighted by atomic mass is 9.99. The predicted octanol–water partition coefficient (Wildman–Crippen LogP) is 7.91. The first-order chi connectivity index (χ1) is 13.3. The van der Waals surface area contributed by atoms with Gasteiger partial charge in [0.05, 0.1) is 5.39 Å². The molecule has 0 aliphatic rings. The van der Waals surface area contributed by atoms with Gasteiger partial charge in [-0.25, -0.2) is 0 Å². The smallest absolute Gasteiger partial charge is 0.147 e. The highest BCUT2D eigenvalue weighted by atomic mass is 79.9. The Morgan fingerprint density at radius 3 is 2.00 bits per heavy atom. The highest BCUT2D eigenvalue weighted by molar-refractivity contribution is 9.10. The largest absolute Gasteiger partial charge is 0.455 e. The fourth-order valence-electron chi connectivity index (χ4n) is 3.91. The van der Waals surface area contributed by atoms with Crippen LogP contribution in [-0.4, -0.2) is 0 Å². The van der Waals surface area contributed by atoms with Gasteiger partial charge in [0.15, 0.2) is 0 Å². The summed E-state index contributed by atoms with van der Waals surface area (Å²) >= 11 is 3.52. The lowest BCUT2D eigenvalue weighted by Crippen LogP contribution is -1.80. The molecular weight excluding hydrogens is 400 g/mol. The maximum absolute atomic E-state index is 6.30. The van der Waals surface area contributed by atoms with Crippen LogP contribution in [0.1, 0.15) is 0 Å². The van der Waals surface area contributed by atoms with E-state index in [0.717, 1.165) is 59.5 Å². The van der Waals surface area contributed by atoms with Gasteiger partial charge in [-0.2, -0.15) is 0 Å². The fraction of sp³-hybridized carbons (Fsp3) is 0. The zero-order valence-electron chi connectivity index (χ0n) is 14.2. The number of hydrogen-bond donors (Lipinski definition) is 0. The summed E-state index contributed by atoms with van der Waals surface area (Å²) in [6.45, 7) is 0. The van der Waals surface area contributed by atoms with Crippen molar-refractivity contribution in [1.29, 1.82) is 0 Å². The van der Waals surface area contributed by atoms with E-state index in [4.69, 9.17) is 8.83 Å². The average Bonchev–Trinajstić information content (AvgIpc) is 3.26. The lowest BCUT2D eigenvalue weighted by Gasteiger charge is -2.04. The van der Waals surface area contributed by atoms with Crippen LogP contribution in [0.2, 0.25) is 0 Å². The van der Waals surface area contributed by atoms with E-state index in [-0.39, 0.29) is 0 Å². The van der Waals surface area contributed by atoms with E-state index in [1.165, 1.54) is 0 Å². The molecule has 0 aliphatic heterocycles. The van der Waals surface area contributed by atoms with Gasteiger partial charge >= 0.3 is 0 Å². The van der Waals surface area contributed by atoms with Crippen LogP contribution in [0.5, 0.6) is 0 Å². The molecule has 0 bridgehead atoms. The Morgan fingerprint density at radius 2 is 1.22 bits per heavy atom. The second-order valence-corrected chi connectivity index (χ2v) is 7.62. The summed E-state index contributed by atoms with van der Waals surface area (Å²) in [5.74, 6) is 0. The molecule has 3 heteroatoms. The molecule has 27 heavy (non-hydrogen) atoms. The summed E-state index contributed by atoms with van der Waals surface area (Å²) in [7, 11) is 0. The molecule has 0 saturated heterocycles. The van der Waals surface area contributed by atoms with Crippen molar-refractivity contribution in [3.63, 3.8) is 0 Å². The van der Waals surface area contributed by atoms with Crippen molar-refractivity contribution < 1.29 is 8.83 Å². The van der Waals surface area contributed by atoms with Crippen molar-refractivity contribution in [2.75, 3.05) is 0 Å². The number of fused-ring (bicyclic) bond motifs is 7. The fourth-order valence-corrected chi connectivity index (χ4v) is 4.17. The van der Waals surface area contributed by atoms with Crippen LogP contribution in [0.15, 0.2) is 92.2 Å². The van der Waals surface area contributed by atoms with Crippen LogP contribution >= 0.6 is 15.9 Å². The minimum absolute atomic E-state index is 0.866. The van der Waals surface area contributed by atoms with Crippen LogP contribution < -0.4 is 0 Å². The number of benzene rings is 4. The molecule has 0 radical (unpaired) electrons. The maximum atomic E-state index is 6.30. The van der Waals surface area contributed by atoms with Crippen molar-refractivity contribution >= 4 is 59.8 Å². The van der Waals surface area contributed by atoms with Crippen molar-refractivity contribution in [1.82, 2.24) is 0 Å². The second kappa shape index (κ2) is 5.48. The van der Waals surface area contributed by atoms with Crippen LogP contribution in [0.25, 0.3) is 55.0 Å². The van der Waals surface area contributed by atoms with Crippen LogP contribution in [-0.2, 0) is 0 Å². The Labute approximate surface area is 163 Å². The molecule has 0 unspecified atom stereocenters. The van der Waals surface area contributed by atoms with Gasteiger partial charge in [0.2, 0.25) is 0 Å². The first-order valence-electron chi connectivity index (χ1n) is 8.81. The average molecular weight is 413 g/mol. The molecule has 2 nitrogen and oxygen atoms in total. The summed E-state index contributed by atoms with van der Waals surface area (Å²) in [6.07, 6.45) is 0. The first-order valence-corrected chi connectivity index (χ1v) is 9.60. The van der Waals surface area contributed by atoms with Crippen molar-refractivity contribution in [3.8, 4) is 11.1 Å². The maximum Gasteiger partial charge on any atom is 0.147 e.